The number of aromatic hydroxyl groups is 1. The number of aliphatic hydroxyl groups is 1. The van der Waals surface area contributed by atoms with Crippen molar-refractivity contribution < 1.29 is 29.3 Å². The quantitative estimate of drug-likeness (QED) is 0.498. The third kappa shape index (κ3) is 2.50. The van der Waals surface area contributed by atoms with E-state index in [1.807, 2.05) is 0 Å². The molecule has 0 aromatic heterocycles. The standard InChI is InChI=1S/C20H18O6/c1-10-16(22)15-18(24)14(17(23)12-7-5-4-6-8-12)11(2)26-20(15)13(9-21)19(10)25-3/h4-9,11,22-23H,1-3H3/t11-/m1/s1. The van der Waals surface area contributed by atoms with Crippen molar-refractivity contribution in [1.29, 1.82) is 0 Å². The highest BCUT2D eigenvalue weighted by molar-refractivity contribution is 6.18. The molecule has 26 heavy (non-hydrogen) atoms. The lowest BCUT2D eigenvalue weighted by atomic mass is 9.89. The van der Waals surface area contributed by atoms with Gasteiger partial charge in [-0.3, -0.25) is 9.59 Å². The topological polar surface area (TPSA) is 93.1 Å². The van der Waals surface area contributed by atoms with Crippen LogP contribution in [-0.4, -0.2) is 35.5 Å². The summed E-state index contributed by atoms with van der Waals surface area (Å²) in [5.74, 6) is -1.04. The molecule has 0 bridgehead atoms. The zero-order chi connectivity index (χ0) is 19.0. The van der Waals surface area contributed by atoms with Crippen LogP contribution in [0.3, 0.4) is 0 Å². The van der Waals surface area contributed by atoms with Crippen LogP contribution in [0.5, 0.6) is 17.2 Å². The minimum atomic E-state index is -0.819. The van der Waals surface area contributed by atoms with E-state index in [0.29, 0.717) is 11.8 Å². The number of aliphatic hydroxyl groups excluding tert-OH is 1. The summed E-state index contributed by atoms with van der Waals surface area (Å²) in [5, 5.41) is 21.1. The van der Waals surface area contributed by atoms with E-state index in [1.165, 1.54) is 14.0 Å². The fourth-order valence-corrected chi connectivity index (χ4v) is 3.15. The zero-order valence-electron chi connectivity index (χ0n) is 14.6. The largest absolute Gasteiger partial charge is 0.507 e. The Kier molecular flexibility index (Phi) is 4.42. The van der Waals surface area contributed by atoms with Crippen LogP contribution >= 0.6 is 0 Å². The summed E-state index contributed by atoms with van der Waals surface area (Å²) in [4.78, 5) is 24.6. The van der Waals surface area contributed by atoms with Crippen LogP contribution < -0.4 is 9.47 Å². The first-order valence-corrected chi connectivity index (χ1v) is 8.00. The van der Waals surface area contributed by atoms with E-state index < -0.39 is 11.9 Å². The third-order valence-corrected chi connectivity index (χ3v) is 4.45. The number of phenols is 1. The maximum absolute atomic E-state index is 13.1. The smallest absolute Gasteiger partial charge is 0.203 e. The number of phenolic OH excluding ortho intramolecular Hbond substituents is 1. The second kappa shape index (κ2) is 6.55. The molecule has 2 aromatic carbocycles. The summed E-state index contributed by atoms with van der Waals surface area (Å²) >= 11 is 0. The van der Waals surface area contributed by atoms with Gasteiger partial charge < -0.3 is 19.7 Å². The van der Waals surface area contributed by atoms with Crippen LogP contribution in [0.25, 0.3) is 5.76 Å². The molecule has 0 fully saturated rings. The highest BCUT2D eigenvalue weighted by atomic mass is 16.5. The first-order valence-electron chi connectivity index (χ1n) is 8.00. The summed E-state index contributed by atoms with van der Waals surface area (Å²) < 4.78 is 10.9. The molecule has 1 atom stereocenters. The normalized spacial score (nSPS) is 18.0. The SMILES string of the molecule is COc1c(C)c(O)c2c(c1C=O)O[C@H](C)C(=C(O)c1ccccc1)C2=O. The van der Waals surface area contributed by atoms with Gasteiger partial charge in [0.2, 0.25) is 5.78 Å². The highest BCUT2D eigenvalue weighted by Crippen LogP contribution is 2.46. The molecule has 6 nitrogen and oxygen atoms in total. The van der Waals surface area contributed by atoms with Gasteiger partial charge in [-0.05, 0) is 13.8 Å². The molecule has 0 unspecified atom stereocenters. The molecule has 6 heteroatoms. The Balaban J connectivity index is 2.29. The maximum atomic E-state index is 13.1. The van der Waals surface area contributed by atoms with Crippen molar-refractivity contribution in [2.45, 2.75) is 20.0 Å². The predicted octanol–water partition coefficient (Wildman–Crippen LogP) is 3.45. The highest BCUT2D eigenvalue weighted by Gasteiger charge is 2.38. The molecule has 2 aromatic rings. The number of ether oxygens (including phenoxy) is 2. The molecule has 0 radical (unpaired) electrons. The van der Waals surface area contributed by atoms with Gasteiger partial charge in [0.1, 0.15) is 34.7 Å². The molecule has 0 aliphatic carbocycles. The molecule has 1 heterocycles. The minimum Gasteiger partial charge on any atom is -0.507 e. The zero-order valence-corrected chi connectivity index (χ0v) is 14.6. The van der Waals surface area contributed by atoms with Crippen molar-refractivity contribution in [3.05, 3.63) is 58.2 Å². The number of hydrogen-bond acceptors (Lipinski definition) is 6. The fraction of sp³-hybridized carbons (Fsp3) is 0.200. The van der Waals surface area contributed by atoms with Gasteiger partial charge in [-0.1, -0.05) is 30.3 Å². The van der Waals surface area contributed by atoms with Gasteiger partial charge in [-0.25, -0.2) is 0 Å². The Hall–Kier alpha value is -3.28. The van der Waals surface area contributed by atoms with Crippen molar-refractivity contribution in [1.82, 2.24) is 0 Å². The molecule has 0 spiro atoms. The number of fused-ring (bicyclic) bond motifs is 1. The monoisotopic (exact) mass is 354 g/mol. The molecule has 1 aliphatic rings. The van der Waals surface area contributed by atoms with Crippen LogP contribution in [0.2, 0.25) is 0 Å². The van der Waals surface area contributed by atoms with Crippen LogP contribution in [-0.2, 0) is 0 Å². The lowest BCUT2D eigenvalue weighted by molar-refractivity contribution is 0.0961. The van der Waals surface area contributed by atoms with Crippen LogP contribution in [0.4, 0.5) is 0 Å². The van der Waals surface area contributed by atoms with Crippen LogP contribution in [0.15, 0.2) is 35.9 Å². The van der Waals surface area contributed by atoms with Gasteiger partial charge in [0.25, 0.3) is 0 Å². The van der Waals surface area contributed by atoms with Gasteiger partial charge in [-0.2, -0.15) is 0 Å². The Labute approximate surface area is 150 Å². The van der Waals surface area contributed by atoms with E-state index in [9.17, 15) is 19.8 Å². The molecule has 1 aliphatic heterocycles. The number of carbonyl (C=O) groups excluding carboxylic acids is 2. The fourth-order valence-electron chi connectivity index (χ4n) is 3.15. The first-order chi connectivity index (χ1) is 12.4. The van der Waals surface area contributed by atoms with Gasteiger partial charge in [0, 0.05) is 11.1 Å². The van der Waals surface area contributed by atoms with E-state index >= 15 is 0 Å². The molecular formula is C20H18O6. The van der Waals surface area contributed by atoms with Crippen molar-refractivity contribution in [3.63, 3.8) is 0 Å². The number of carbonyl (C=O) groups is 2. The third-order valence-electron chi connectivity index (χ3n) is 4.45. The number of hydrogen-bond donors (Lipinski definition) is 2. The Morgan fingerprint density at radius 1 is 1.27 bits per heavy atom. The van der Waals surface area contributed by atoms with Gasteiger partial charge in [0.15, 0.2) is 6.29 Å². The molecule has 3 rings (SSSR count). The molecule has 0 saturated carbocycles. The van der Waals surface area contributed by atoms with E-state index in [2.05, 4.69) is 0 Å². The summed E-state index contributed by atoms with van der Waals surface area (Å²) in [7, 11) is 1.36. The van der Waals surface area contributed by atoms with Crippen molar-refractivity contribution >= 4 is 17.8 Å². The first kappa shape index (κ1) is 17.5. The van der Waals surface area contributed by atoms with Gasteiger partial charge in [0.05, 0.1) is 18.2 Å². The van der Waals surface area contributed by atoms with E-state index in [4.69, 9.17) is 9.47 Å². The minimum absolute atomic E-state index is 0.0143. The maximum Gasteiger partial charge on any atom is 0.203 e. The number of benzene rings is 2. The second-order valence-electron chi connectivity index (χ2n) is 5.96. The molecule has 0 saturated heterocycles. The van der Waals surface area contributed by atoms with E-state index in [0.717, 1.165) is 0 Å². The molecule has 2 N–H and O–H groups in total. The summed E-state index contributed by atoms with van der Waals surface area (Å²) in [6.45, 7) is 3.13. The lowest BCUT2D eigenvalue weighted by Crippen LogP contribution is -2.30. The predicted molar refractivity (Wildman–Crippen MR) is 95.2 cm³/mol. The molecule has 0 amide bonds. The van der Waals surface area contributed by atoms with Crippen LogP contribution in [0, 0.1) is 6.92 Å². The van der Waals surface area contributed by atoms with Gasteiger partial charge >= 0.3 is 0 Å². The average Bonchev–Trinajstić information content (AvgIpc) is 2.64. The Morgan fingerprint density at radius 2 is 1.92 bits per heavy atom. The molecular weight excluding hydrogens is 336 g/mol. The Morgan fingerprint density at radius 3 is 2.50 bits per heavy atom. The van der Waals surface area contributed by atoms with Crippen molar-refractivity contribution in [2.75, 3.05) is 7.11 Å². The Bertz CT molecular complexity index is 927. The number of rotatable bonds is 3. The van der Waals surface area contributed by atoms with Gasteiger partial charge in [-0.15, -0.1) is 0 Å². The number of methoxy groups -OCH3 is 1. The second-order valence-corrected chi connectivity index (χ2v) is 5.96. The van der Waals surface area contributed by atoms with Crippen molar-refractivity contribution in [3.8, 4) is 17.2 Å². The number of aldehydes is 1. The number of ketones is 1. The van der Waals surface area contributed by atoms with E-state index in [-0.39, 0.29) is 45.3 Å². The lowest BCUT2D eigenvalue weighted by Gasteiger charge is -2.29. The summed E-state index contributed by atoms with van der Waals surface area (Å²) in [5.41, 5.74) is 0.617. The molecule has 134 valence electrons. The average molecular weight is 354 g/mol. The van der Waals surface area contributed by atoms with Crippen molar-refractivity contribution in [2.24, 2.45) is 0 Å². The summed E-state index contributed by atoms with van der Waals surface area (Å²) in [6, 6.07) is 8.57. The summed E-state index contributed by atoms with van der Waals surface area (Å²) in [6.07, 6.45) is -0.295. The number of Topliss-reactive ketones (excluding diaryl/α,β-unsaturated/α-hetero) is 1. The van der Waals surface area contributed by atoms with E-state index in [1.54, 1.807) is 37.3 Å². The van der Waals surface area contributed by atoms with Crippen LogP contribution in [0.1, 0.15) is 38.8 Å².